The Labute approximate surface area is 139 Å². The van der Waals surface area contributed by atoms with Crippen LogP contribution in [0.4, 0.5) is 0 Å². The van der Waals surface area contributed by atoms with Crippen molar-refractivity contribution in [2.45, 2.75) is 30.3 Å². The largest absolute Gasteiger partial charge is 0.352 e. The second kappa shape index (κ2) is 6.31. The fraction of sp³-hybridized carbons (Fsp3) is 0.375. The quantitative estimate of drug-likeness (QED) is 0.823. The highest BCUT2D eigenvalue weighted by atomic mass is 35.5. The van der Waals surface area contributed by atoms with Crippen molar-refractivity contribution in [2.24, 2.45) is 5.92 Å². The third-order valence-electron chi connectivity index (χ3n) is 3.75. The lowest BCUT2D eigenvalue weighted by atomic mass is 10.2. The van der Waals surface area contributed by atoms with E-state index in [4.69, 9.17) is 23.2 Å². The smallest absolute Gasteiger partial charge is 0.220 e. The van der Waals surface area contributed by atoms with Gasteiger partial charge in [0.1, 0.15) is 4.33 Å². The molecule has 22 heavy (non-hydrogen) atoms. The molecule has 1 N–H and O–H groups in total. The molecule has 1 atom stereocenters. The Bertz CT molecular complexity index is 654. The second-order valence-corrected chi connectivity index (χ2v) is 7.22. The molecule has 1 saturated carbocycles. The summed E-state index contributed by atoms with van der Waals surface area (Å²) < 4.78 is 1.16. The highest BCUT2D eigenvalue weighted by Crippen LogP contribution is 2.54. The van der Waals surface area contributed by atoms with Gasteiger partial charge >= 0.3 is 0 Å². The van der Waals surface area contributed by atoms with Gasteiger partial charge in [0.2, 0.25) is 5.91 Å². The monoisotopic (exact) mass is 337 g/mol. The summed E-state index contributed by atoms with van der Waals surface area (Å²) in [5, 5.41) is 7.18. The average Bonchev–Trinajstić information content (AvgIpc) is 2.88. The Hall–Kier alpha value is -1.52. The van der Waals surface area contributed by atoms with E-state index >= 15 is 0 Å². The normalized spacial score (nSPS) is 18.9. The topological polar surface area (TPSA) is 46.9 Å². The molecule has 0 spiro atoms. The summed E-state index contributed by atoms with van der Waals surface area (Å²) >= 11 is 11.8. The molecule has 0 bridgehead atoms. The number of nitrogens with one attached hydrogen (secondary N) is 1. The first-order valence-electron chi connectivity index (χ1n) is 7.23. The van der Waals surface area contributed by atoms with Crippen LogP contribution >= 0.6 is 23.2 Å². The number of aromatic nitrogens is 2. The number of hydrogen-bond acceptors (Lipinski definition) is 2. The highest BCUT2D eigenvalue weighted by molar-refractivity contribution is 6.51. The van der Waals surface area contributed by atoms with Gasteiger partial charge in [-0.3, -0.25) is 9.48 Å². The van der Waals surface area contributed by atoms with Crippen LogP contribution in [0.5, 0.6) is 0 Å². The molecule has 0 radical (unpaired) electrons. The van der Waals surface area contributed by atoms with Crippen molar-refractivity contribution < 1.29 is 4.79 Å². The Morgan fingerprint density at radius 1 is 1.32 bits per heavy atom. The third-order valence-corrected chi connectivity index (χ3v) is 4.68. The first-order valence-corrected chi connectivity index (χ1v) is 7.98. The van der Waals surface area contributed by atoms with Crippen molar-refractivity contribution in [2.75, 3.05) is 0 Å². The molecule has 1 aliphatic rings. The van der Waals surface area contributed by atoms with Crippen LogP contribution in [0.3, 0.4) is 0 Å². The van der Waals surface area contributed by atoms with Gasteiger partial charge in [-0.1, -0.05) is 30.3 Å². The molecule has 6 heteroatoms. The standard InChI is InChI=1S/C16H17Cl2N3O/c17-16(18)7-14(16)6-15(22)19-8-13-9-20-21(11-13)10-12-4-2-1-3-5-12/h1-5,9,11,14H,6-8,10H2,(H,19,22). The molecular weight excluding hydrogens is 321 g/mol. The van der Waals surface area contributed by atoms with Gasteiger partial charge in [-0.25, -0.2) is 0 Å². The molecule has 0 aliphatic heterocycles. The van der Waals surface area contributed by atoms with E-state index in [0.29, 0.717) is 19.4 Å². The maximum Gasteiger partial charge on any atom is 0.220 e. The number of amides is 1. The van der Waals surface area contributed by atoms with Crippen LogP contribution in [0.15, 0.2) is 42.7 Å². The summed E-state index contributed by atoms with van der Waals surface area (Å²) in [6, 6.07) is 10.1. The SMILES string of the molecule is O=C(CC1CC1(Cl)Cl)NCc1cnn(Cc2ccccc2)c1. The van der Waals surface area contributed by atoms with Crippen LogP contribution in [0, 0.1) is 5.92 Å². The lowest BCUT2D eigenvalue weighted by Gasteiger charge is -2.03. The molecule has 3 rings (SSSR count). The lowest BCUT2D eigenvalue weighted by molar-refractivity contribution is -0.121. The van der Waals surface area contributed by atoms with Crippen LogP contribution in [-0.2, 0) is 17.9 Å². The summed E-state index contributed by atoms with van der Waals surface area (Å²) in [6.07, 6.45) is 4.79. The van der Waals surface area contributed by atoms with Gasteiger partial charge in [-0.05, 0) is 12.0 Å². The average molecular weight is 338 g/mol. The van der Waals surface area contributed by atoms with Crippen molar-refractivity contribution in [3.8, 4) is 0 Å². The van der Waals surface area contributed by atoms with Crippen molar-refractivity contribution in [3.63, 3.8) is 0 Å². The van der Waals surface area contributed by atoms with Crippen LogP contribution < -0.4 is 5.32 Å². The molecule has 1 amide bonds. The Balaban J connectivity index is 1.46. The van der Waals surface area contributed by atoms with Crippen molar-refractivity contribution in [1.82, 2.24) is 15.1 Å². The van der Waals surface area contributed by atoms with E-state index in [-0.39, 0.29) is 11.8 Å². The molecule has 116 valence electrons. The van der Waals surface area contributed by atoms with Crippen LogP contribution in [0.25, 0.3) is 0 Å². The van der Waals surface area contributed by atoms with E-state index in [2.05, 4.69) is 22.5 Å². The van der Waals surface area contributed by atoms with Gasteiger partial charge in [0, 0.05) is 30.6 Å². The lowest BCUT2D eigenvalue weighted by Crippen LogP contribution is -2.23. The van der Waals surface area contributed by atoms with Crippen molar-refractivity contribution in [3.05, 3.63) is 53.9 Å². The number of alkyl halides is 2. The first-order chi connectivity index (χ1) is 10.5. The number of hydrogen-bond donors (Lipinski definition) is 1. The summed E-state index contributed by atoms with van der Waals surface area (Å²) in [5.74, 6) is 0.0561. The van der Waals surface area contributed by atoms with Gasteiger partial charge in [0.05, 0.1) is 12.7 Å². The Kier molecular flexibility index (Phi) is 4.41. The maximum absolute atomic E-state index is 11.8. The van der Waals surface area contributed by atoms with E-state index in [0.717, 1.165) is 12.1 Å². The molecule has 1 heterocycles. The summed E-state index contributed by atoms with van der Waals surface area (Å²) in [5.41, 5.74) is 2.17. The maximum atomic E-state index is 11.8. The van der Waals surface area contributed by atoms with E-state index < -0.39 is 4.33 Å². The first kappa shape index (κ1) is 15.4. The summed E-state index contributed by atoms with van der Waals surface area (Å²) in [4.78, 5) is 11.8. The molecule has 1 aliphatic carbocycles. The minimum absolute atomic E-state index is 0.0241. The Morgan fingerprint density at radius 2 is 2.05 bits per heavy atom. The van der Waals surface area contributed by atoms with Crippen LogP contribution in [0.1, 0.15) is 24.0 Å². The minimum Gasteiger partial charge on any atom is -0.352 e. The van der Waals surface area contributed by atoms with Gasteiger partial charge in [0.25, 0.3) is 0 Å². The van der Waals surface area contributed by atoms with E-state index in [9.17, 15) is 4.79 Å². The zero-order chi connectivity index (χ0) is 15.6. The molecule has 4 nitrogen and oxygen atoms in total. The number of benzene rings is 1. The fourth-order valence-corrected chi connectivity index (χ4v) is 2.87. The molecule has 1 aromatic carbocycles. The summed E-state index contributed by atoms with van der Waals surface area (Å²) in [7, 11) is 0. The second-order valence-electron chi connectivity index (χ2n) is 5.67. The number of nitrogens with zero attached hydrogens (tertiary/aromatic N) is 2. The highest BCUT2D eigenvalue weighted by Gasteiger charge is 2.52. The minimum atomic E-state index is -0.697. The van der Waals surface area contributed by atoms with Crippen LogP contribution in [0.2, 0.25) is 0 Å². The Morgan fingerprint density at radius 3 is 2.73 bits per heavy atom. The van der Waals surface area contributed by atoms with Crippen molar-refractivity contribution in [1.29, 1.82) is 0 Å². The third kappa shape index (κ3) is 4.02. The van der Waals surface area contributed by atoms with Gasteiger partial charge < -0.3 is 5.32 Å². The van der Waals surface area contributed by atoms with Gasteiger partial charge in [0.15, 0.2) is 0 Å². The van der Waals surface area contributed by atoms with E-state index in [1.165, 1.54) is 5.56 Å². The molecular formula is C16H17Cl2N3O. The van der Waals surface area contributed by atoms with Gasteiger partial charge in [-0.15, -0.1) is 23.2 Å². The zero-order valence-corrected chi connectivity index (χ0v) is 13.5. The predicted octanol–water partition coefficient (Wildman–Crippen LogP) is 3.13. The summed E-state index contributed by atoms with van der Waals surface area (Å²) in [6.45, 7) is 1.19. The van der Waals surface area contributed by atoms with E-state index in [1.54, 1.807) is 6.20 Å². The molecule has 1 unspecified atom stereocenters. The van der Waals surface area contributed by atoms with Gasteiger partial charge in [-0.2, -0.15) is 5.10 Å². The fourth-order valence-electron chi connectivity index (χ4n) is 2.34. The molecule has 0 saturated heterocycles. The predicted molar refractivity (Wildman–Crippen MR) is 86.8 cm³/mol. The van der Waals surface area contributed by atoms with Crippen molar-refractivity contribution >= 4 is 29.1 Å². The number of carbonyl (C=O) groups excluding carboxylic acids is 1. The number of carbonyl (C=O) groups is 1. The number of rotatable bonds is 6. The zero-order valence-electron chi connectivity index (χ0n) is 12.0. The van der Waals surface area contributed by atoms with Crippen LogP contribution in [-0.4, -0.2) is 20.0 Å². The molecule has 1 fully saturated rings. The number of halogens is 2. The molecule has 1 aromatic heterocycles. The van der Waals surface area contributed by atoms with E-state index in [1.807, 2.05) is 29.1 Å². The molecule has 2 aromatic rings.